The molecular formula is C11H10N2. The second-order valence-electron chi connectivity index (χ2n) is 3.34. The van der Waals surface area contributed by atoms with Crippen molar-refractivity contribution in [1.82, 2.24) is 4.98 Å². The van der Waals surface area contributed by atoms with Crippen molar-refractivity contribution in [2.75, 3.05) is 0 Å². The summed E-state index contributed by atoms with van der Waals surface area (Å²) < 4.78 is 0. The van der Waals surface area contributed by atoms with Gasteiger partial charge in [-0.25, -0.2) is 0 Å². The van der Waals surface area contributed by atoms with Crippen LogP contribution in [0.1, 0.15) is 16.8 Å². The summed E-state index contributed by atoms with van der Waals surface area (Å²) in [6, 6.07) is 8.18. The largest absolute Gasteiger partial charge is 0.359 e. The molecule has 2 heteroatoms. The average molecular weight is 170 g/mol. The van der Waals surface area contributed by atoms with Gasteiger partial charge in [0.15, 0.2) is 0 Å². The van der Waals surface area contributed by atoms with Gasteiger partial charge in [-0.15, -0.1) is 0 Å². The first-order chi connectivity index (χ1) is 6.20. The lowest BCUT2D eigenvalue weighted by atomic mass is 10.1. The van der Waals surface area contributed by atoms with Crippen molar-refractivity contribution in [3.8, 4) is 6.07 Å². The maximum atomic E-state index is 8.91. The van der Waals surface area contributed by atoms with Crippen molar-refractivity contribution in [2.45, 2.75) is 13.8 Å². The van der Waals surface area contributed by atoms with Crippen LogP contribution in [0.25, 0.3) is 10.9 Å². The number of fused-ring (bicyclic) bond motifs is 1. The van der Waals surface area contributed by atoms with Gasteiger partial charge >= 0.3 is 0 Å². The molecule has 13 heavy (non-hydrogen) atoms. The lowest BCUT2D eigenvalue weighted by Gasteiger charge is -1.95. The quantitative estimate of drug-likeness (QED) is 0.648. The highest BCUT2D eigenvalue weighted by Gasteiger charge is 2.03. The second kappa shape index (κ2) is 2.63. The molecule has 2 rings (SSSR count). The second-order valence-corrected chi connectivity index (χ2v) is 3.34. The molecule has 0 aliphatic rings. The maximum absolute atomic E-state index is 8.91. The predicted molar refractivity (Wildman–Crippen MR) is 52.5 cm³/mol. The first-order valence-electron chi connectivity index (χ1n) is 4.21. The summed E-state index contributed by atoms with van der Waals surface area (Å²) in [6.45, 7) is 3.99. The number of benzene rings is 1. The fourth-order valence-electron chi connectivity index (χ4n) is 1.61. The van der Waals surface area contributed by atoms with Crippen LogP contribution in [-0.4, -0.2) is 4.98 Å². The third-order valence-electron chi connectivity index (χ3n) is 2.14. The van der Waals surface area contributed by atoms with E-state index in [1.807, 2.05) is 26.0 Å². The normalized spacial score (nSPS) is 10.2. The summed E-state index contributed by atoms with van der Waals surface area (Å²) in [7, 11) is 0. The van der Waals surface area contributed by atoms with E-state index in [0.717, 1.165) is 27.7 Å². The lowest BCUT2D eigenvalue weighted by molar-refractivity contribution is 1.30. The third-order valence-corrected chi connectivity index (χ3v) is 2.14. The highest BCUT2D eigenvalue weighted by atomic mass is 14.7. The van der Waals surface area contributed by atoms with E-state index in [1.54, 1.807) is 0 Å². The van der Waals surface area contributed by atoms with E-state index in [4.69, 9.17) is 5.26 Å². The Kier molecular flexibility index (Phi) is 1.60. The van der Waals surface area contributed by atoms with Crippen molar-refractivity contribution in [2.24, 2.45) is 0 Å². The Labute approximate surface area is 76.8 Å². The van der Waals surface area contributed by atoms with Crippen LogP contribution in [-0.2, 0) is 0 Å². The first-order valence-corrected chi connectivity index (χ1v) is 4.21. The Morgan fingerprint density at radius 2 is 2.00 bits per heavy atom. The van der Waals surface area contributed by atoms with Gasteiger partial charge in [0.1, 0.15) is 0 Å². The lowest BCUT2D eigenvalue weighted by Crippen LogP contribution is -1.79. The van der Waals surface area contributed by atoms with Gasteiger partial charge in [0.05, 0.1) is 11.6 Å². The van der Waals surface area contributed by atoms with Crippen LogP contribution in [0.4, 0.5) is 0 Å². The van der Waals surface area contributed by atoms with E-state index >= 15 is 0 Å². The number of nitrogens with one attached hydrogen (secondary N) is 1. The van der Waals surface area contributed by atoms with Crippen LogP contribution in [0.5, 0.6) is 0 Å². The molecule has 1 aromatic carbocycles. The van der Waals surface area contributed by atoms with E-state index in [0.29, 0.717) is 0 Å². The fourth-order valence-corrected chi connectivity index (χ4v) is 1.61. The number of aryl methyl sites for hydroxylation is 2. The fraction of sp³-hybridized carbons (Fsp3) is 0.182. The summed E-state index contributed by atoms with van der Waals surface area (Å²) in [5, 5.41) is 9.92. The van der Waals surface area contributed by atoms with Gasteiger partial charge in [0.2, 0.25) is 0 Å². The number of aromatic amines is 1. The van der Waals surface area contributed by atoms with Gasteiger partial charge < -0.3 is 4.98 Å². The van der Waals surface area contributed by atoms with Gasteiger partial charge in [0.25, 0.3) is 0 Å². The number of hydrogen-bond acceptors (Lipinski definition) is 1. The summed E-state index contributed by atoms with van der Waals surface area (Å²) in [4.78, 5) is 3.22. The van der Waals surface area contributed by atoms with Crippen LogP contribution in [0.15, 0.2) is 18.2 Å². The Bertz CT molecular complexity index is 501. The minimum Gasteiger partial charge on any atom is -0.359 e. The Balaban J connectivity index is 2.90. The minimum absolute atomic E-state index is 0.749. The molecule has 0 unspecified atom stereocenters. The van der Waals surface area contributed by atoms with Crippen molar-refractivity contribution in [1.29, 1.82) is 5.26 Å². The highest BCUT2D eigenvalue weighted by molar-refractivity contribution is 5.86. The SMILES string of the molecule is Cc1cc(C#N)c2cc(C)[nH]c2c1. The topological polar surface area (TPSA) is 39.6 Å². The van der Waals surface area contributed by atoms with Crippen molar-refractivity contribution in [3.05, 3.63) is 35.0 Å². The average Bonchev–Trinajstić information content (AvgIpc) is 2.43. The molecule has 0 saturated carbocycles. The molecule has 1 heterocycles. The maximum Gasteiger partial charge on any atom is 0.0998 e. The molecule has 0 aliphatic heterocycles. The van der Waals surface area contributed by atoms with Gasteiger partial charge in [-0.05, 0) is 37.6 Å². The molecule has 0 saturated heterocycles. The highest BCUT2D eigenvalue weighted by Crippen LogP contribution is 2.20. The monoisotopic (exact) mass is 170 g/mol. The summed E-state index contributed by atoms with van der Waals surface area (Å²) in [5.74, 6) is 0. The van der Waals surface area contributed by atoms with Crippen LogP contribution < -0.4 is 0 Å². The number of H-pyrrole nitrogens is 1. The van der Waals surface area contributed by atoms with Crippen molar-refractivity contribution in [3.63, 3.8) is 0 Å². The Morgan fingerprint density at radius 3 is 2.69 bits per heavy atom. The van der Waals surface area contributed by atoms with Gasteiger partial charge in [-0.3, -0.25) is 0 Å². The first kappa shape index (κ1) is 7.88. The standard InChI is InChI=1S/C11H10N2/c1-7-3-9(6-12)10-5-8(2)13-11(10)4-7/h3-5,13H,1-2H3. The molecule has 64 valence electrons. The molecule has 0 radical (unpaired) electrons. The molecular weight excluding hydrogens is 160 g/mol. The molecule has 0 fully saturated rings. The number of aromatic nitrogens is 1. The Morgan fingerprint density at radius 1 is 1.23 bits per heavy atom. The van der Waals surface area contributed by atoms with Crippen molar-refractivity contribution < 1.29 is 0 Å². The number of rotatable bonds is 0. The molecule has 0 spiro atoms. The molecule has 0 bridgehead atoms. The van der Waals surface area contributed by atoms with Crippen molar-refractivity contribution >= 4 is 10.9 Å². The van der Waals surface area contributed by atoms with E-state index in [1.165, 1.54) is 0 Å². The minimum atomic E-state index is 0.749. The molecule has 2 aromatic rings. The summed E-state index contributed by atoms with van der Waals surface area (Å²) in [5.41, 5.74) is 4.01. The van der Waals surface area contributed by atoms with Gasteiger partial charge in [-0.1, -0.05) is 0 Å². The van der Waals surface area contributed by atoms with Gasteiger partial charge in [-0.2, -0.15) is 5.26 Å². The number of nitrogens with zero attached hydrogens (tertiary/aromatic N) is 1. The molecule has 0 amide bonds. The van der Waals surface area contributed by atoms with Crippen LogP contribution in [0.3, 0.4) is 0 Å². The van der Waals surface area contributed by atoms with Crippen LogP contribution >= 0.6 is 0 Å². The summed E-state index contributed by atoms with van der Waals surface area (Å²) in [6.07, 6.45) is 0. The van der Waals surface area contributed by atoms with Crippen LogP contribution in [0.2, 0.25) is 0 Å². The van der Waals surface area contributed by atoms with E-state index < -0.39 is 0 Å². The molecule has 0 aliphatic carbocycles. The zero-order chi connectivity index (χ0) is 9.42. The predicted octanol–water partition coefficient (Wildman–Crippen LogP) is 2.66. The molecule has 1 aromatic heterocycles. The van der Waals surface area contributed by atoms with Crippen LogP contribution in [0, 0.1) is 25.2 Å². The zero-order valence-electron chi connectivity index (χ0n) is 7.68. The van der Waals surface area contributed by atoms with E-state index in [-0.39, 0.29) is 0 Å². The number of nitriles is 1. The summed E-state index contributed by atoms with van der Waals surface area (Å²) >= 11 is 0. The van der Waals surface area contributed by atoms with E-state index in [2.05, 4.69) is 17.1 Å². The zero-order valence-corrected chi connectivity index (χ0v) is 7.68. The smallest absolute Gasteiger partial charge is 0.0998 e. The molecule has 0 atom stereocenters. The molecule has 1 N–H and O–H groups in total. The van der Waals surface area contributed by atoms with E-state index in [9.17, 15) is 0 Å². The number of hydrogen-bond donors (Lipinski definition) is 1. The molecule has 2 nitrogen and oxygen atoms in total. The third kappa shape index (κ3) is 1.19. The Hall–Kier alpha value is -1.75. The van der Waals surface area contributed by atoms with Gasteiger partial charge in [0, 0.05) is 16.6 Å².